The van der Waals surface area contributed by atoms with Crippen LogP contribution in [0, 0.1) is 0 Å². The van der Waals surface area contributed by atoms with Gasteiger partial charge in [-0.2, -0.15) is 0 Å². The molecule has 0 saturated carbocycles. The summed E-state index contributed by atoms with van der Waals surface area (Å²) in [5.41, 5.74) is 7.52. The second-order valence-electron chi connectivity index (χ2n) is 15.7. The van der Waals surface area contributed by atoms with Crippen LogP contribution in [-0.4, -0.2) is 42.1 Å². The van der Waals surface area contributed by atoms with Crippen molar-refractivity contribution in [2.45, 2.75) is 77.5 Å². The number of rotatable bonds is 3. The van der Waals surface area contributed by atoms with Gasteiger partial charge in [0.1, 0.15) is 0 Å². The third kappa shape index (κ3) is 3.49. The number of aromatic nitrogens is 2. The van der Waals surface area contributed by atoms with Crippen molar-refractivity contribution in [1.82, 2.24) is 14.0 Å². The van der Waals surface area contributed by atoms with Crippen LogP contribution in [0.3, 0.4) is 0 Å². The summed E-state index contributed by atoms with van der Waals surface area (Å²) in [6.45, 7) is 18.7. The molecular weight excluding hydrogens is 587 g/mol. The lowest BCUT2D eigenvalue weighted by atomic mass is 9.76. The second kappa shape index (κ2) is 9.31. The Morgan fingerprint density at radius 1 is 0.438 bits per heavy atom. The SMILES string of the molecule is CC1(C)N=C2N(c3ccccc3-n3c4ccccc4c4cc(-n5c6ccccc6c6ccccc65)ccc43)C(C)(C)C(C)(C)N2C1(C)C. The minimum absolute atomic E-state index is 0.150. The molecule has 1 fully saturated rings. The molecule has 48 heavy (non-hydrogen) atoms. The van der Waals surface area contributed by atoms with E-state index in [2.05, 4.69) is 190 Å². The number of para-hydroxylation sites is 5. The highest BCUT2D eigenvalue weighted by atomic mass is 15.6. The lowest BCUT2D eigenvalue weighted by Crippen LogP contribution is -2.63. The van der Waals surface area contributed by atoms with Crippen LogP contribution in [0.15, 0.2) is 120 Å². The number of aliphatic imine (C=N–C) groups is 1. The van der Waals surface area contributed by atoms with Crippen LogP contribution in [-0.2, 0) is 0 Å². The molecule has 0 N–H and O–H groups in total. The quantitative estimate of drug-likeness (QED) is 0.195. The standard InChI is InChI=1S/C43H43N5/c1-40(2)41(3,4)48-39(44-40)47(42(5,6)43(48,7)8)38-24-16-15-23-37(38)46-35-22-14-11-19-31(35)32-27-28(25-26-36(32)46)45-33-20-12-9-17-29(33)30-18-10-13-21-34(30)45/h9-27H,1-8H3. The number of benzene rings is 5. The Morgan fingerprint density at radius 3 is 1.52 bits per heavy atom. The molecule has 2 aliphatic rings. The van der Waals surface area contributed by atoms with Gasteiger partial charge in [0.25, 0.3) is 0 Å². The van der Waals surface area contributed by atoms with Gasteiger partial charge in [0.05, 0.1) is 55.6 Å². The van der Waals surface area contributed by atoms with Crippen molar-refractivity contribution in [2.24, 2.45) is 4.99 Å². The largest absolute Gasteiger partial charge is 0.327 e. The van der Waals surface area contributed by atoms with Crippen molar-refractivity contribution >= 4 is 55.3 Å². The summed E-state index contributed by atoms with van der Waals surface area (Å²) in [6, 6.07) is 42.2. The first kappa shape index (κ1) is 29.1. The maximum absolute atomic E-state index is 5.48. The molecule has 0 aliphatic carbocycles. The number of nitrogens with zero attached hydrogens (tertiary/aromatic N) is 5. The van der Waals surface area contributed by atoms with Gasteiger partial charge < -0.3 is 18.9 Å². The van der Waals surface area contributed by atoms with Gasteiger partial charge in [-0.3, -0.25) is 0 Å². The minimum atomic E-state index is -0.238. The highest BCUT2D eigenvalue weighted by Crippen LogP contribution is 2.54. The van der Waals surface area contributed by atoms with Crippen LogP contribution in [0.1, 0.15) is 55.4 Å². The molecule has 1 saturated heterocycles. The molecule has 0 bridgehead atoms. The van der Waals surface area contributed by atoms with E-state index in [0.29, 0.717) is 0 Å². The van der Waals surface area contributed by atoms with Crippen molar-refractivity contribution in [2.75, 3.05) is 4.90 Å². The van der Waals surface area contributed by atoms with E-state index < -0.39 is 0 Å². The van der Waals surface area contributed by atoms with E-state index in [9.17, 15) is 0 Å². The number of hydrogen-bond donors (Lipinski definition) is 0. The molecule has 240 valence electrons. The van der Waals surface area contributed by atoms with Crippen LogP contribution < -0.4 is 4.90 Å². The minimum Gasteiger partial charge on any atom is -0.327 e. The maximum Gasteiger partial charge on any atom is 0.203 e. The molecule has 2 aliphatic heterocycles. The van der Waals surface area contributed by atoms with Gasteiger partial charge in [-0.1, -0.05) is 66.7 Å². The Hall–Kier alpha value is -5.03. The molecule has 5 aromatic carbocycles. The fraction of sp³-hybridized carbons (Fsp3) is 0.279. The molecule has 0 radical (unpaired) electrons. The first-order chi connectivity index (χ1) is 22.9. The molecule has 7 aromatic rings. The molecule has 0 amide bonds. The van der Waals surface area contributed by atoms with E-state index in [1.807, 2.05) is 0 Å². The Bertz CT molecular complexity index is 2430. The van der Waals surface area contributed by atoms with E-state index in [1.54, 1.807) is 0 Å². The Balaban J connectivity index is 1.30. The molecule has 0 unspecified atom stereocenters. The molecule has 5 heteroatoms. The van der Waals surface area contributed by atoms with Crippen LogP contribution >= 0.6 is 0 Å². The summed E-state index contributed by atoms with van der Waals surface area (Å²) in [4.78, 5) is 10.6. The summed E-state index contributed by atoms with van der Waals surface area (Å²) >= 11 is 0. The summed E-state index contributed by atoms with van der Waals surface area (Å²) in [5, 5.41) is 5.03. The third-order valence-electron chi connectivity index (χ3n) is 12.3. The molecule has 2 aromatic heterocycles. The fourth-order valence-electron chi connectivity index (χ4n) is 8.67. The number of guanidine groups is 1. The Morgan fingerprint density at radius 2 is 0.917 bits per heavy atom. The number of fused-ring (bicyclic) bond motifs is 7. The molecule has 5 nitrogen and oxygen atoms in total. The summed E-state index contributed by atoms with van der Waals surface area (Å²) in [6.07, 6.45) is 0. The van der Waals surface area contributed by atoms with E-state index in [-0.39, 0.29) is 22.2 Å². The van der Waals surface area contributed by atoms with E-state index in [0.717, 1.165) is 11.6 Å². The van der Waals surface area contributed by atoms with Crippen molar-refractivity contribution < 1.29 is 0 Å². The van der Waals surface area contributed by atoms with Crippen molar-refractivity contribution in [3.05, 3.63) is 115 Å². The predicted octanol–water partition coefficient (Wildman–Crippen LogP) is 10.5. The topological polar surface area (TPSA) is 28.7 Å². The normalized spacial score (nSPS) is 19.1. The molecule has 0 spiro atoms. The van der Waals surface area contributed by atoms with Crippen LogP contribution in [0.4, 0.5) is 5.69 Å². The fourth-order valence-corrected chi connectivity index (χ4v) is 8.67. The van der Waals surface area contributed by atoms with Gasteiger partial charge in [0.2, 0.25) is 5.96 Å². The average Bonchev–Trinajstić information content (AvgIpc) is 3.67. The first-order valence-corrected chi connectivity index (χ1v) is 17.2. The highest BCUT2D eigenvalue weighted by molar-refractivity contribution is 6.13. The Labute approximate surface area is 282 Å². The van der Waals surface area contributed by atoms with Crippen molar-refractivity contribution in [3.63, 3.8) is 0 Å². The average molecular weight is 630 g/mol. The zero-order valence-corrected chi connectivity index (χ0v) is 29.2. The van der Waals surface area contributed by atoms with Crippen molar-refractivity contribution in [1.29, 1.82) is 0 Å². The van der Waals surface area contributed by atoms with E-state index >= 15 is 0 Å². The zero-order chi connectivity index (χ0) is 33.4. The molecule has 9 rings (SSSR count). The maximum atomic E-state index is 5.48. The van der Waals surface area contributed by atoms with Crippen LogP contribution in [0.25, 0.3) is 55.0 Å². The van der Waals surface area contributed by atoms with E-state index in [4.69, 9.17) is 4.99 Å². The Kier molecular flexibility index (Phi) is 5.65. The lowest BCUT2D eigenvalue weighted by molar-refractivity contribution is 0.0529. The van der Waals surface area contributed by atoms with Crippen LogP contribution in [0.5, 0.6) is 0 Å². The van der Waals surface area contributed by atoms with Gasteiger partial charge in [0.15, 0.2) is 0 Å². The molecule has 0 atom stereocenters. The highest BCUT2D eigenvalue weighted by Gasteiger charge is 2.66. The zero-order valence-electron chi connectivity index (χ0n) is 29.2. The monoisotopic (exact) mass is 629 g/mol. The van der Waals surface area contributed by atoms with Gasteiger partial charge in [0, 0.05) is 27.2 Å². The number of anilines is 1. The predicted molar refractivity (Wildman–Crippen MR) is 203 cm³/mol. The second-order valence-corrected chi connectivity index (χ2v) is 15.7. The van der Waals surface area contributed by atoms with Gasteiger partial charge in [-0.05, 0) is 104 Å². The third-order valence-corrected chi connectivity index (χ3v) is 12.3. The summed E-state index contributed by atoms with van der Waals surface area (Å²) in [5.74, 6) is 1.06. The number of hydrogen-bond acceptors (Lipinski definition) is 3. The van der Waals surface area contributed by atoms with Gasteiger partial charge in [-0.25, -0.2) is 4.99 Å². The van der Waals surface area contributed by atoms with E-state index in [1.165, 1.54) is 55.0 Å². The smallest absolute Gasteiger partial charge is 0.203 e. The summed E-state index contributed by atoms with van der Waals surface area (Å²) in [7, 11) is 0. The van der Waals surface area contributed by atoms with Gasteiger partial charge in [-0.15, -0.1) is 0 Å². The van der Waals surface area contributed by atoms with Crippen molar-refractivity contribution in [3.8, 4) is 11.4 Å². The van der Waals surface area contributed by atoms with Crippen LogP contribution in [0.2, 0.25) is 0 Å². The molecule has 4 heterocycles. The van der Waals surface area contributed by atoms with Gasteiger partial charge >= 0.3 is 0 Å². The summed E-state index contributed by atoms with van der Waals surface area (Å²) < 4.78 is 4.88. The lowest BCUT2D eigenvalue weighted by Gasteiger charge is -2.50. The molecular formula is C43H43N5. The first-order valence-electron chi connectivity index (χ1n) is 17.2.